The Labute approximate surface area is 84.3 Å². The van der Waals surface area contributed by atoms with Gasteiger partial charge in [0.15, 0.2) is 0 Å². The van der Waals surface area contributed by atoms with Crippen molar-refractivity contribution in [3.8, 4) is 0 Å². The lowest BCUT2D eigenvalue weighted by molar-refractivity contribution is 0.00381. The van der Waals surface area contributed by atoms with E-state index in [1.165, 1.54) is 6.07 Å². The molecular weight excluding hydrogens is 208 g/mol. The molecule has 0 aliphatic carbocycles. The molecule has 6 N–H and O–H groups in total. The maximum Gasteiger partial charge on any atom is 0.265 e. The third-order valence-electron chi connectivity index (χ3n) is 1.55. The number of halogens is 2. The SMILES string of the molecule is Nc1cc(NCC(O)C(F)F)nc(N)n1. The minimum atomic E-state index is -2.81. The lowest BCUT2D eigenvalue weighted by Crippen LogP contribution is -2.27. The molecule has 1 atom stereocenters. The maximum atomic E-state index is 11.9. The summed E-state index contributed by atoms with van der Waals surface area (Å²) >= 11 is 0. The molecule has 1 heterocycles. The van der Waals surface area contributed by atoms with Crippen LogP contribution in [0.3, 0.4) is 0 Å². The molecule has 0 aliphatic rings. The summed E-state index contributed by atoms with van der Waals surface area (Å²) in [6.07, 6.45) is -4.57. The second kappa shape index (κ2) is 4.69. The van der Waals surface area contributed by atoms with Crippen LogP contribution in [0.25, 0.3) is 0 Å². The Balaban J connectivity index is 2.57. The van der Waals surface area contributed by atoms with Gasteiger partial charge in [-0.2, -0.15) is 9.97 Å². The third-order valence-corrected chi connectivity index (χ3v) is 1.55. The summed E-state index contributed by atoms with van der Waals surface area (Å²) in [5.41, 5.74) is 10.6. The molecule has 0 saturated carbocycles. The second-order valence-electron chi connectivity index (χ2n) is 2.82. The topological polar surface area (TPSA) is 110 Å². The molecule has 0 aliphatic heterocycles. The first-order chi connectivity index (χ1) is 6.99. The van der Waals surface area contributed by atoms with Gasteiger partial charge in [0.1, 0.15) is 17.7 Å². The molecule has 0 fully saturated rings. The number of nitrogens with two attached hydrogens (primary N) is 2. The monoisotopic (exact) mass is 219 g/mol. The lowest BCUT2D eigenvalue weighted by Gasteiger charge is -2.11. The number of hydrogen-bond acceptors (Lipinski definition) is 6. The number of rotatable bonds is 4. The largest absolute Gasteiger partial charge is 0.385 e. The number of nitrogens with zero attached hydrogens (tertiary/aromatic N) is 2. The molecule has 1 unspecified atom stereocenters. The van der Waals surface area contributed by atoms with Crippen molar-refractivity contribution >= 4 is 17.6 Å². The van der Waals surface area contributed by atoms with Crippen molar-refractivity contribution in [2.45, 2.75) is 12.5 Å². The number of alkyl halides is 2. The average Bonchev–Trinajstić information content (AvgIpc) is 2.12. The Kier molecular flexibility index (Phi) is 3.56. The van der Waals surface area contributed by atoms with Crippen molar-refractivity contribution in [3.05, 3.63) is 6.07 Å². The molecule has 15 heavy (non-hydrogen) atoms. The van der Waals surface area contributed by atoms with Crippen molar-refractivity contribution in [2.75, 3.05) is 23.3 Å². The van der Waals surface area contributed by atoms with Crippen molar-refractivity contribution in [1.82, 2.24) is 9.97 Å². The van der Waals surface area contributed by atoms with E-state index in [1.54, 1.807) is 0 Å². The van der Waals surface area contributed by atoms with Gasteiger partial charge in [-0.15, -0.1) is 0 Å². The predicted molar refractivity (Wildman–Crippen MR) is 51.4 cm³/mol. The molecule has 0 radical (unpaired) electrons. The predicted octanol–water partition coefficient (Wildman–Crippen LogP) is -0.321. The summed E-state index contributed by atoms with van der Waals surface area (Å²) in [6, 6.07) is 1.33. The zero-order valence-corrected chi connectivity index (χ0v) is 7.69. The fraction of sp³-hybridized carbons (Fsp3) is 0.429. The first kappa shape index (κ1) is 11.4. The third kappa shape index (κ3) is 3.50. The maximum absolute atomic E-state index is 11.9. The van der Waals surface area contributed by atoms with E-state index in [0.717, 1.165) is 0 Å². The van der Waals surface area contributed by atoms with Crippen LogP contribution in [0.15, 0.2) is 6.07 Å². The summed E-state index contributed by atoms with van der Waals surface area (Å²) in [7, 11) is 0. The molecule has 6 nitrogen and oxygen atoms in total. The average molecular weight is 219 g/mol. The summed E-state index contributed by atoms with van der Waals surface area (Å²) in [4.78, 5) is 7.28. The molecule has 0 amide bonds. The van der Waals surface area contributed by atoms with Gasteiger partial charge in [-0.05, 0) is 0 Å². The number of nitrogen functional groups attached to an aromatic ring is 2. The van der Waals surface area contributed by atoms with Crippen LogP contribution < -0.4 is 16.8 Å². The van der Waals surface area contributed by atoms with E-state index in [4.69, 9.17) is 16.6 Å². The van der Waals surface area contributed by atoms with Crippen LogP contribution in [0.1, 0.15) is 0 Å². The van der Waals surface area contributed by atoms with E-state index in [1.807, 2.05) is 0 Å². The zero-order chi connectivity index (χ0) is 11.4. The van der Waals surface area contributed by atoms with Gasteiger partial charge in [-0.3, -0.25) is 0 Å². The number of anilines is 3. The zero-order valence-electron chi connectivity index (χ0n) is 7.69. The van der Waals surface area contributed by atoms with E-state index in [-0.39, 0.29) is 24.1 Å². The van der Waals surface area contributed by atoms with Gasteiger partial charge in [0.05, 0.1) is 0 Å². The summed E-state index contributed by atoms with van der Waals surface area (Å²) in [5, 5.41) is 11.3. The number of aromatic nitrogens is 2. The quantitative estimate of drug-likeness (QED) is 0.552. The smallest absolute Gasteiger partial charge is 0.265 e. The standard InChI is InChI=1S/C7H11F2N5O/c8-6(9)3(15)2-12-5-1-4(10)13-7(11)14-5/h1,3,6,15H,2H2,(H5,10,11,12,13,14). The lowest BCUT2D eigenvalue weighted by atomic mass is 10.3. The van der Waals surface area contributed by atoms with Crippen molar-refractivity contribution < 1.29 is 13.9 Å². The van der Waals surface area contributed by atoms with Crippen LogP contribution in [0.2, 0.25) is 0 Å². The number of nitrogens with one attached hydrogen (secondary N) is 1. The van der Waals surface area contributed by atoms with Crippen LogP contribution >= 0.6 is 0 Å². The van der Waals surface area contributed by atoms with Crippen molar-refractivity contribution in [2.24, 2.45) is 0 Å². The molecule has 1 rings (SSSR count). The second-order valence-corrected chi connectivity index (χ2v) is 2.82. The minimum absolute atomic E-state index is 0.0657. The Morgan fingerprint density at radius 1 is 1.40 bits per heavy atom. The van der Waals surface area contributed by atoms with Crippen LogP contribution in [0.4, 0.5) is 26.4 Å². The first-order valence-corrected chi connectivity index (χ1v) is 4.09. The molecule has 1 aromatic heterocycles. The molecule has 0 saturated heterocycles. The van der Waals surface area contributed by atoms with E-state index in [2.05, 4.69) is 15.3 Å². The highest BCUT2D eigenvalue weighted by Crippen LogP contribution is 2.10. The van der Waals surface area contributed by atoms with Crippen LogP contribution in [0.5, 0.6) is 0 Å². The number of aliphatic hydroxyl groups is 1. The molecular formula is C7H11F2N5O. The van der Waals surface area contributed by atoms with Gasteiger partial charge in [0, 0.05) is 12.6 Å². The number of hydrogen-bond donors (Lipinski definition) is 4. The van der Waals surface area contributed by atoms with Gasteiger partial charge < -0.3 is 21.9 Å². The van der Waals surface area contributed by atoms with E-state index in [0.29, 0.717) is 0 Å². The number of aliphatic hydroxyl groups excluding tert-OH is 1. The Bertz CT molecular complexity index is 315. The Morgan fingerprint density at radius 3 is 2.60 bits per heavy atom. The highest BCUT2D eigenvalue weighted by atomic mass is 19.3. The van der Waals surface area contributed by atoms with E-state index < -0.39 is 12.5 Å². The van der Waals surface area contributed by atoms with Gasteiger partial charge in [0.2, 0.25) is 5.95 Å². The summed E-state index contributed by atoms with van der Waals surface area (Å²) < 4.78 is 23.8. The fourth-order valence-electron chi connectivity index (χ4n) is 0.874. The normalized spacial score (nSPS) is 12.8. The highest BCUT2D eigenvalue weighted by Gasteiger charge is 2.16. The molecule has 84 valence electrons. The van der Waals surface area contributed by atoms with Crippen LogP contribution in [-0.2, 0) is 0 Å². The van der Waals surface area contributed by atoms with Gasteiger partial charge >= 0.3 is 0 Å². The Morgan fingerprint density at radius 2 is 2.07 bits per heavy atom. The van der Waals surface area contributed by atoms with Gasteiger partial charge in [-0.1, -0.05) is 0 Å². The molecule has 8 heteroatoms. The first-order valence-electron chi connectivity index (χ1n) is 4.09. The van der Waals surface area contributed by atoms with E-state index in [9.17, 15) is 8.78 Å². The summed E-state index contributed by atoms with van der Waals surface area (Å²) in [6.45, 7) is -0.340. The van der Waals surface area contributed by atoms with Gasteiger partial charge in [0.25, 0.3) is 6.43 Å². The van der Waals surface area contributed by atoms with Crippen molar-refractivity contribution in [3.63, 3.8) is 0 Å². The highest BCUT2D eigenvalue weighted by molar-refractivity contribution is 5.48. The Hall–Kier alpha value is -1.70. The fourth-order valence-corrected chi connectivity index (χ4v) is 0.874. The van der Waals surface area contributed by atoms with E-state index >= 15 is 0 Å². The van der Waals surface area contributed by atoms with Crippen molar-refractivity contribution in [1.29, 1.82) is 0 Å². The molecule has 0 spiro atoms. The summed E-state index contributed by atoms with van der Waals surface area (Å²) in [5.74, 6) is 0.250. The minimum Gasteiger partial charge on any atom is -0.385 e. The molecule has 0 aromatic carbocycles. The molecule has 1 aromatic rings. The van der Waals surface area contributed by atoms with Crippen LogP contribution in [-0.4, -0.2) is 34.1 Å². The van der Waals surface area contributed by atoms with Gasteiger partial charge in [-0.25, -0.2) is 8.78 Å². The van der Waals surface area contributed by atoms with Crippen LogP contribution in [0, 0.1) is 0 Å². The molecule has 0 bridgehead atoms.